The molecule has 1 aliphatic rings. The van der Waals surface area contributed by atoms with Crippen LogP contribution < -0.4 is 0 Å². The molecule has 1 unspecified atom stereocenters. The lowest BCUT2D eigenvalue weighted by Gasteiger charge is -2.42. The second-order valence-corrected chi connectivity index (χ2v) is 6.36. The van der Waals surface area contributed by atoms with Crippen molar-refractivity contribution >= 4 is 0 Å². The molecule has 2 rings (SSSR count). The van der Waals surface area contributed by atoms with Gasteiger partial charge < -0.3 is 4.74 Å². The van der Waals surface area contributed by atoms with E-state index in [4.69, 9.17) is 4.74 Å². The van der Waals surface area contributed by atoms with Crippen LogP contribution in [0.1, 0.15) is 44.9 Å². The zero-order chi connectivity index (χ0) is 13.3. The van der Waals surface area contributed by atoms with Crippen LogP contribution in [0.25, 0.3) is 0 Å². The first kappa shape index (κ1) is 13.6. The number of benzene rings is 1. The Morgan fingerprint density at radius 1 is 1.17 bits per heavy atom. The van der Waals surface area contributed by atoms with E-state index in [1.807, 2.05) is 0 Å². The summed E-state index contributed by atoms with van der Waals surface area (Å²) in [5.74, 6) is 0. The van der Waals surface area contributed by atoms with Crippen LogP contribution in [-0.2, 0) is 10.2 Å². The largest absolute Gasteiger partial charge is 0.379 e. The van der Waals surface area contributed by atoms with Gasteiger partial charge in [0, 0.05) is 26.2 Å². The van der Waals surface area contributed by atoms with E-state index >= 15 is 0 Å². The monoisotopic (exact) mass is 247 g/mol. The lowest BCUT2D eigenvalue weighted by molar-refractivity contribution is -0.0479. The second kappa shape index (κ2) is 5.02. The van der Waals surface area contributed by atoms with E-state index in [1.165, 1.54) is 11.1 Å². The summed E-state index contributed by atoms with van der Waals surface area (Å²) >= 11 is 0. The molecule has 18 heavy (non-hydrogen) atoms. The van der Waals surface area contributed by atoms with Crippen LogP contribution in [0.2, 0.25) is 0 Å². The predicted octanol–water partition coefficient (Wildman–Crippen LogP) is 3.38. The summed E-state index contributed by atoms with van der Waals surface area (Å²) in [6.07, 6.45) is 0.432. The second-order valence-electron chi connectivity index (χ2n) is 6.36. The van der Waals surface area contributed by atoms with Crippen molar-refractivity contribution < 1.29 is 4.74 Å². The SMILES string of the molecule is COC1CN(C(C)c2ccc(C(C)(C)C)cc2)C1. The van der Waals surface area contributed by atoms with Gasteiger partial charge in [-0.15, -0.1) is 0 Å². The number of ether oxygens (including phenoxy) is 1. The van der Waals surface area contributed by atoms with E-state index in [2.05, 4.69) is 56.9 Å². The molecule has 0 aromatic heterocycles. The fraction of sp³-hybridized carbons (Fsp3) is 0.625. The molecular weight excluding hydrogens is 222 g/mol. The van der Waals surface area contributed by atoms with Gasteiger partial charge in [-0.05, 0) is 23.5 Å². The average Bonchev–Trinajstić information content (AvgIpc) is 2.26. The van der Waals surface area contributed by atoms with Gasteiger partial charge in [0.25, 0.3) is 0 Å². The van der Waals surface area contributed by atoms with Gasteiger partial charge in [-0.1, -0.05) is 45.0 Å². The smallest absolute Gasteiger partial charge is 0.0825 e. The van der Waals surface area contributed by atoms with E-state index in [0.717, 1.165) is 13.1 Å². The molecule has 0 saturated carbocycles. The molecule has 0 N–H and O–H groups in total. The van der Waals surface area contributed by atoms with E-state index in [-0.39, 0.29) is 5.41 Å². The van der Waals surface area contributed by atoms with Gasteiger partial charge in [0.2, 0.25) is 0 Å². The third kappa shape index (κ3) is 2.76. The average molecular weight is 247 g/mol. The van der Waals surface area contributed by atoms with E-state index in [1.54, 1.807) is 7.11 Å². The van der Waals surface area contributed by atoms with Crippen molar-refractivity contribution in [2.75, 3.05) is 20.2 Å². The molecule has 1 aromatic carbocycles. The van der Waals surface area contributed by atoms with Crippen molar-refractivity contribution in [3.8, 4) is 0 Å². The van der Waals surface area contributed by atoms with E-state index in [9.17, 15) is 0 Å². The molecule has 0 bridgehead atoms. The van der Waals surface area contributed by atoms with Crippen LogP contribution in [0.5, 0.6) is 0 Å². The lowest BCUT2D eigenvalue weighted by atomic mass is 9.86. The zero-order valence-corrected chi connectivity index (χ0v) is 12.2. The van der Waals surface area contributed by atoms with Crippen molar-refractivity contribution in [2.45, 2.75) is 45.3 Å². The molecule has 1 fully saturated rings. The van der Waals surface area contributed by atoms with Crippen LogP contribution >= 0.6 is 0 Å². The number of rotatable bonds is 3. The molecule has 0 aliphatic carbocycles. The molecule has 1 saturated heterocycles. The highest BCUT2D eigenvalue weighted by Gasteiger charge is 2.30. The Labute approximate surface area is 111 Å². The zero-order valence-electron chi connectivity index (χ0n) is 12.2. The van der Waals surface area contributed by atoms with Crippen LogP contribution in [0.15, 0.2) is 24.3 Å². The third-order valence-corrected chi connectivity index (χ3v) is 4.02. The first-order valence-corrected chi connectivity index (χ1v) is 6.79. The van der Waals surface area contributed by atoms with Crippen LogP contribution in [-0.4, -0.2) is 31.2 Å². The highest BCUT2D eigenvalue weighted by atomic mass is 16.5. The summed E-state index contributed by atoms with van der Waals surface area (Å²) in [7, 11) is 1.80. The van der Waals surface area contributed by atoms with Gasteiger partial charge in [0.05, 0.1) is 6.10 Å². The quantitative estimate of drug-likeness (QED) is 0.812. The molecule has 0 amide bonds. The third-order valence-electron chi connectivity index (χ3n) is 4.02. The summed E-state index contributed by atoms with van der Waals surface area (Å²) < 4.78 is 5.32. The predicted molar refractivity (Wildman–Crippen MR) is 75.9 cm³/mol. The maximum absolute atomic E-state index is 5.32. The maximum Gasteiger partial charge on any atom is 0.0825 e. The summed E-state index contributed by atoms with van der Waals surface area (Å²) in [6.45, 7) is 11.1. The molecule has 1 aromatic rings. The summed E-state index contributed by atoms with van der Waals surface area (Å²) in [4.78, 5) is 2.46. The Balaban J connectivity index is 2.02. The molecule has 2 heteroatoms. The van der Waals surface area contributed by atoms with Gasteiger partial charge in [-0.3, -0.25) is 4.90 Å². The summed E-state index contributed by atoms with van der Waals surface area (Å²) in [5, 5.41) is 0. The molecule has 100 valence electrons. The minimum absolute atomic E-state index is 0.236. The highest BCUT2D eigenvalue weighted by Crippen LogP contribution is 2.28. The Morgan fingerprint density at radius 2 is 1.72 bits per heavy atom. The van der Waals surface area contributed by atoms with Gasteiger partial charge in [0.1, 0.15) is 0 Å². The van der Waals surface area contributed by atoms with E-state index < -0.39 is 0 Å². The minimum atomic E-state index is 0.236. The molecule has 1 atom stereocenters. The van der Waals surface area contributed by atoms with Crippen molar-refractivity contribution in [1.82, 2.24) is 4.90 Å². The van der Waals surface area contributed by atoms with Crippen molar-refractivity contribution in [3.63, 3.8) is 0 Å². The highest BCUT2D eigenvalue weighted by molar-refractivity contribution is 5.29. The van der Waals surface area contributed by atoms with E-state index in [0.29, 0.717) is 12.1 Å². The fourth-order valence-corrected chi connectivity index (χ4v) is 2.41. The first-order chi connectivity index (χ1) is 8.41. The molecule has 2 nitrogen and oxygen atoms in total. The molecule has 1 heterocycles. The number of nitrogens with zero attached hydrogens (tertiary/aromatic N) is 1. The summed E-state index contributed by atoms with van der Waals surface area (Å²) in [5.41, 5.74) is 3.04. The Hall–Kier alpha value is -0.860. The normalized spacial score (nSPS) is 19.6. The van der Waals surface area contributed by atoms with Gasteiger partial charge >= 0.3 is 0 Å². The Bertz CT molecular complexity index is 385. The van der Waals surface area contributed by atoms with Crippen LogP contribution in [0.3, 0.4) is 0 Å². The first-order valence-electron chi connectivity index (χ1n) is 6.79. The number of hydrogen-bond donors (Lipinski definition) is 0. The maximum atomic E-state index is 5.32. The van der Waals surface area contributed by atoms with Crippen LogP contribution in [0, 0.1) is 0 Å². The molecule has 0 spiro atoms. The number of methoxy groups -OCH3 is 1. The lowest BCUT2D eigenvalue weighted by Crippen LogP contribution is -2.52. The van der Waals surface area contributed by atoms with Gasteiger partial charge in [-0.25, -0.2) is 0 Å². The fourth-order valence-electron chi connectivity index (χ4n) is 2.41. The van der Waals surface area contributed by atoms with Gasteiger partial charge in [-0.2, -0.15) is 0 Å². The molecule has 1 aliphatic heterocycles. The Morgan fingerprint density at radius 3 is 2.17 bits per heavy atom. The topological polar surface area (TPSA) is 12.5 Å². The standard InChI is InChI=1S/C16H25NO/c1-12(17-10-15(11-17)18-5)13-6-8-14(9-7-13)16(2,3)4/h6-9,12,15H,10-11H2,1-5H3. The van der Waals surface area contributed by atoms with Crippen LogP contribution in [0.4, 0.5) is 0 Å². The number of likely N-dealkylation sites (tertiary alicyclic amines) is 1. The molecular formula is C16H25NO. The van der Waals surface area contributed by atoms with Crippen molar-refractivity contribution in [3.05, 3.63) is 35.4 Å². The number of hydrogen-bond acceptors (Lipinski definition) is 2. The Kier molecular flexibility index (Phi) is 3.79. The van der Waals surface area contributed by atoms with Crippen molar-refractivity contribution in [2.24, 2.45) is 0 Å². The minimum Gasteiger partial charge on any atom is -0.379 e. The summed E-state index contributed by atoms with van der Waals surface area (Å²) in [6, 6.07) is 9.56. The molecule has 0 radical (unpaired) electrons. The van der Waals surface area contributed by atoms with Crippen molar-refractivity contribution in [1.29, 1.82) is 0 Å². The van der Waals surface area contributed by atoms with Gasteiger partial charge in [0.15, 0.2) is 0 Å².